The number of fused-ring (bicyclic) bond motifs is 4. The van der Waals surface area contributed by atoms with Crippen molar-refractivity contribution in [2.24, 2.45) is 23.7 Å². The number of alkyl halides is 3. The number of nitrogens with zero attached hydrogens (tertiary/aromatic N) is 3. The predicted octanol–water partition coefficient (Wildman–Crippen LogP) is 5.86. The number of aromatic nitrogens is 1. The molecular weight excluding hydrogens is 704 g/mol. The molecule has 0 spiro atoms. The molecule has 2 aliphatic carbocycles. The van der Waals surface area contributed by atoms with Crippen LogP contribution in [0, 0.1) is 23.7 Å². The molecule has 6 atom stereocenters. The Balaban J connectivity index is 1.43. The van der Waals surface area contributed by atoms with Gasteiger partial charge in [0.25, 0.3) is 11.8 Å². The maximum Gasteiger partial charge on any atom is 0.423 e. The second-order valence-corrected chi connectivity index (χ2v) is 13.3. The lowest BCUT2D eigenvalue weighted by Gasteiger charge is -2.50. The van der Waals surface area contributed by atoms with Crippen molar-refractivity contribution in [2.75, 3.05) is 12.5 Å². The number of hydrazine groups is 1. The average Bonchev–Trinajstić information content (AvgIpc) is 3.45. The molecule has 3 fully saturated rings. The minimum Gasteiger partial charge on any atom is -0.508 e. The van der Waals surface area contributed by atoms with Gasteiger partial charge >= 0.3 is 12.3 Å². The van der Waals surface area contributed by atoms with Gasteiger partial charge in [-0.2, -0.15) is 23.1 Å². The number of anilines is 1. The molecule has 2 saturated heterocycles. The summed E-state index contributed by atoms with van der Waals surface area (Å²) in [6.07, 6.45) is -3.78. The number of phenolic OH excluding ortho intramolecular Hbond substituents is 1. The molecular formula is C34H25Cl2F3N4O7. The number of hydrogen-bond donors (Lipinski definition) is 2. The van der Waals surface area contributed by atoms with E-state index >= 15 is 4.79 Å². The number of halogens is 5. The Bertz CT molecular complexity index is 2020. The van der Waals surface area contributed by atoms with Crippen LogP contribution in [0.2, 0.25) is 10.0 Å². The number of rotatable bonds is 4. The molecule has 3 aromatic rings. The zero-order chi connectivity index (χ0) is 35.9. The largest absolute Gasteiger partial charge is 0.508 e. The van der Waals surface area contributed by atoms with Gasteiger partial charge in [-0.1, -0.05) is 59.1 Å². The number of phenols is 1. The van der Waals surface area contributed by atoms with Gasteiger partial charge in [-0.15, -0.1) is 0 Å². The summed E-state index contributed by atoms with van der Waals surface area (Å²) in [6, 6.07) is 12.9. The molecule has 6 unspecified atom stereocenters. The summed E-state index contributed by atoms with van der Waals surface area (Å²) in [5.41, 5.74) is 0.900. The molecule has 3 heterocycles. The van der Waals surface area contributed by atoms with E-state index < -0.39 is 87.3 Å². The molecule has 1 aromatic heterocycles. The van der Waals surface area contributed by atoms with Crippen LogP contribution in [0.15, 0.2) is 72.4 Å². The first-order valence-corrected chi connectivity index (χ1v) is 16.0. The van der Waals surface area contributed by atoms with Crippen LogP contribution < -0.4 is 5.43 Å². The van der Waals surface area contributed by atoms with Gasteiger partial charge in [-0.25, -0.2) is 9.78 Å². The van der Waals surface area contributed by atoms with Crippen LogP contribution in [-0.4, -0.2) is 56.8 Å². The highest BCUT2D eigenvalue weighted by Crippen LogP contribution is 2.64. The topological polar surface area (TPSA) is 146 Å². The molecule has 2 aromatic carbocycles. The number of methoxy groups -OCH3 is 1. The molecule has 16 heteroatoms. The van der Waals surface area contributed by atoms with Crippen LogP contribution in [0.1, 0.15) is 35.4 Å². The van der Waals surface area contributed by atoms with Crippen LogP contribution in [0.25, 0.3) is 0 Å². The van der Waals surface area contributed by atoms with E-state index in [1.54, 1.807) is 30.3 Å². The van der Waals surface area contributed by atoms with E-state index in [9.17, 15) is 37.5 Å². The number of carbonyl (C=O) groups is 5. The number of carbonyl (C=O) groups excluding carboxylic acids is 5. The fraction of sp³-hybridized carbons (Fsp3) is 0.294. The lowest BCUT2D eigenvalue weighted by Crippen LogP contribution is -2.53. The number of nitrogens with one attached hydrogen (secondary N) is 1. The Kier molecular flexibility index (Phi) is 7.94. The van der Waals surface area contributed by atoms with E-state index in [2.05, 4.69) is 10.4 Å². The summed E-state index contributed by atoms with van der Waals surface area (Å²) in [4.78, 5) is 73.5. The van der Waals surface area contributed by atoms with E-state index in [1.807, 2.05) is 0 Å². The van der Waals surface area contributed by atoms with Gasteiger partial charge in [-0.3, -0.25) is 24.6 Å². The number of amides is 5. The van der Waals surface area contributed by atoms with Crippen LogP contribution in [0.5, 0.6) is 5.75 Å². The molecule has 2 N–H and O–H groups in total. The summed E-state index contributed by atoms with van der Waals surface area (Å²) in [7, 11) is 1.04. The highest BCUT2D eigenvalue weighted by Gasteiger charge is 2.70. The highest BCUT2D eigenvalue weighted by molar-refractivity contribution is 6.33. The Hall–Kier alpha value is -4.95. The second kappa shape index (κ2) is 11.8. The van der Waals surface area contributed by atoms with Crippen molar-refractivity contribution in [3.05, 3.63) is 99.2 Å². The fourth-order valence-corrected chi connectivity index (χ4v) is 8.47. The monoisotopic (exact) mass is 728 g/mol. The summed E-state index contributed by atoms with van der Waals surface area (Å²) >= 11 is 12.4. The number of pyridine rings is 1. The van der Waals surface area contributed by atoms with Crippen LogP contribution in [-0.2, 0) is 35.5 Å². The number of benzene rings is 2. The number of ether oxygens (including phenoxy) is 1. The molecule has 11 nitrogen and oxygen atoms in total. The van der Waals surface area contributed by atoms with E-state index in [4.69, 9.17) is 27.9 Å². The third-order valence-corrected chi connectivity index (χ3v) is 10.7. The number of likely N-dealkylation sites (tertiary alicyclic amines) is 1. The highest BCUT2D eigenvalue weighted by atomic mass is 35.5. The first-order chi connectivity index (χ1) is 23.7. The van der Waals surface area contributed by atoms with Crippen LogP contribution in [0.4, 0.5) is 23.8 Å². The van der Waals surface area contributed by atoms with Crippen molar-refractivity contribution in [3.63, 3.8) is 0 Å². The minimum atomic E-state index is -4.76. The Labute approximate surface area is 291 Å². The Morgan fingerprint density at radius 3 is 2.38 bits per heavy atom. The zero-order valence-corrected chi connectivity index (χ0v) is 27.3. The van der Waals surface area contributed by atoms with E-state index in [-0.39, 0.29) is 18.6 Å². The standard InChI is InChI=1S/C34H25Cl2F3N4O7/c1-50-32(49)42-28(45)21-10-9-20-22(25(21)30(42)47)13-23-29(46)43(41-27-24(36)12-17(14-40-27)34(37,38)39)31(48)33(23,16-5-7-18(35)8-6-16)26(20)15-3-2-4-19(44)11-15/h2-9,11-12,14,21-23,25-26,44H,10,13H2,1H3,(H,40,41). The minimum absolute atomic E-state index is 0.0282. The summed E-state index contributed by atoms with van der Waals surface area (Å²) in [6.45, 7) is 0. The van der Waals surface area contributed by atoms with Gasteiger partial charge in [0, 0.05) is 17.1 Å². The molecule has 2 aliphatic heterocycles. The van der Waals surface area contributed by atoms with Gasteiger partial charge < -0.3 is 9.84 Å². The maximum absolute atomic E-state index is 15.0. The SMILES string of the molecule is COC(=O)N1C(=O)C2CC=C3C(CC4C(=O)N(Nc5ncc(C(F)(F)F)cc5Cl)C(=O)C4(c4ccc(Cl)cc4)C3c3cccc(O)c3)C2C1=O. The lowest BCUT2D eigenvalue weighted by molar-refractivity contribution is -0.140. The van der Waals surface area contributed by atoms with Gasteiger partial charge in [0.05, 0.1) is 40.9 Å². The number of allylic oxidation sites excluding steroid dienone is 2. The van der Waals surface area contributed by atoms with Crippen molar-refractivity contribution < 1.29 is 47.0 Å². The molecule has 4 aliphatic rings. The number of imide groups is 4. The van der Waals surface area contributed by atoms with Crippen LogP contribution >= 0.6 is 23.2 Å². The third kappa shape index (κ3) is 4.87. The Morgan fingerprint density at radius 1 is 1.02 bits per heavy atom. The van der Waals surface area contributed by atoms with Crippen molar-refractivity contribution in [2.45, 2.75) is 30.4 Å². The smallest absolute Gasteiger partial charge is 0.423 e. The molecule has 7 rings (SSSR count). The molecule has 50 heavy (non-hydrogen) atoms. The van der Waals surface area contributed by atoms with Gasteiger partial charge in [-0.05, 0) is 60.2 Å². The van der Waals surface area contributed by atoms with Gasteiger partial charge in [0.1, 0.15) is 5.75 Å². The first-order valence-electron chi connectivity index (χ1n) is 15.3. The molecule has 1 saturated carbocycles. The zero-order valence-electron chi connectivity index (χ0n) is 25.8. The van der Waals surface area contributed by atoms with Crippen molar-refractivity contribution >= 4 is 58.7 Å². The Morgan fingerprint density at radius 2 is 1.74 bits per heavy atom. The van der Waals surface area contributed by atoms with E-state index in [0.29, 0.717) is 43.9 Å². The maximum atomic E-state index is 15.0. The van der Waals surface area contributed by atoms with Crippen LogP contribution in [0.3, 0.4) is 0 Å². The van der Waals surface area contributed by atoms with Gasteiger partial charge in [0.2, 0.25) is 11.8 Å². The van der Waals surface area contributed by atoms with Crippen molar-refractivity contribution in [1.29, 1.82) is 0 Å². The lowest BCUT2D eigenvalue weighted by atomic mass is 9.49. The van der Waals surface area contributed by atoms with Crippen molar-refractivity contribution in [1.82, 2.24) is 14.9 Å². The summed E-state index contributed by atoms with van der Waals surface area (Å²) in [5.74, 6) is -8.87. The molecule has 5 amide bonds. The first kappa shape index (κ1) is 33.5. The molecule has 0 radical (unpaired) electrons. The fourth-order valence-electron chi connectivity index (χ4n) is 8.13. The molecule has 258 valence electrons. The summed E-state index contributed by atoms with van der Waals surface area (Å²) in [5, 5.41) is 11.1. The predicted molar refractivity (Wildman–Crippen MR) is 169 cm³/mol. The quantitative estimate of drug-likeness (QED) is 0.249. The van der Waals surface area contributed by atoms with Crippen molar-refractivity contribution in [3.8, 4) is 5.75 Å². The number of aromatic hydroxyl groups is 1. The third-order valence-electron chi connectivity index (χ3n) is 10.1. The van der Waals surface area contributed by atoms with E-state index in [0.717, 1.165) is 7.11 Å². The van der Waals surface area contributed by atoms with E-state index in [1.165, 1.54) is 24.3 Å². The molecule has 0 bridgehead atoms. The second-order valence-electron chi connectivity index (χ2n) is 12.5. The van der Waals surface area contributed by atoms with Gasteiger partial charge in [0.15, 0.2) is 5.82 Å². The average molecular weight is 729 g/mol. The normalized spacial score (nSPS) is 27.5. The summed E-state index contributed by atoms with van der Waals surface area (Å²) < 4.78 is 44.8. The number of hydrogen-bond acceptors (Lipinski definition) is 9.